The molecule has 0 radical (unpaired) electrons. The first-order valence-electron chi connectivity index (χ1n) is 7.58. The number of hydrogen-bond acceptors (Lipinski definition) is 3. The average molecular weight is 283 g/mol. The third-order valence-corrected chi connectivity index (χ3v) is 4.13. The molecule has 2 heterocycles. The van der Waals surface area contributed by atoms with Crippen molar-refractivity contribution in [3.05, 3.63) is 42.1 Å². The van der Waals surface area contributed by atoms with E-state index in [1.807, 2.05) is 42.3 Å². The summed E-state index contributed by atoms with van der Waals surface area (Å²) in [4.78, 5) is 18.8. The van der Waals surface area contributed by atoms with Crippen LogP contribution in [0.4, 0.5) is 0 Å². The van der Waals surface area contributed by atoms with Crippen molar-refractivity contribution in [3.63, 3.8) is 0 Å². The molecule has 21 heavy (non-hydrogen) atoms. The smallest absolute Gasteiger partial charge is 0.254 e. The van der Waals surface area contributed by atoms with Gasteiger partial charge in [-0.15, -0.1) is 0 Å². The van der Waals surface area contributed by atoms with Crippen LogP contribution >= 0.6 is 0 Å². The van der Waals surface area contributed by atoms with Crippen molar-refractivity contribution in [2.45, 2.75) is 25.3 Å². The average Bonchev–Trinajstić information content (AvgIpc) is 2.54. The van der Waals surface area contributed by atoms with Crippen molar-refractivity contribution in [1.29, 1.82) is 0 Å². The van der Waals surface area contributed by atoms with E-state index < -0.39 is 0 Å². The quantitative estimate of drug-likeness (QED) is 0.941. The number of rotatable bonds is 3. The second kappa shape index (κ2) is 6.22. The highest BCUT2D eigenvalue weighted by Crippen LogP contribution is 2.18. The SMILES string of the molecule is CN(CC1CCCCN1)C(=O)c1cccc2ncccc12. The Morgan fingerprint density at radius 3 is 3.05 bits per heavy atom. The lowest BCUT2D eigenvalue weighted by molar-refractivity contribution is 0.0777. The highest BCUT2D eigenvalue weighted by molar-refractivity contribution is 6.06. The molecule has 1 amide bonds. The maximum atomic E-state index is 12.7. The third-order valence-electron chi connectivity index (χ3n) is 4.13. The lowest BCUT2D eigenvalue weighted by Gasteiger charge is -2.28. The molecule has 2 aromatic rings. The normalized spacial score (nSPS) is 18.6. The van der Waals surface area contributed by atoms with E-state index in [4.69, 9.17) is 0 Å². The summed E-state index contributed by atoms with van der Waals surface area (Å²) in [7, 11) is 1.88. The third kappa shape index (κ3) is 3.05. The fourth-order valence-corrected chi connectivity index (χ4v) is 2.99. The molecule has 3 rings (SSSR count). The monoisotopic (exact) mass is 283 g/mol. The molecule has 1 N–H and O–H groups in total. The van der Waals surface area contributed by atoms with E-state index in [1.165, 1.54) is 12.8 Å². The number of pyridine rings is 1. The van der Waals surface area contributed by atoms with Gasteiger partial charge in [-0.1, -0.05) is 18.6 Å². The molecule has 1 saturated heterocycles. The summed E-state index contributed by atoms with van der Waals surface area (Å²) >= 11 is 0. The molecule has 0 saturated carbocycles. The van der Waals surface area contributed by atoms with Gasteiger partial charge in [-0.2, -0.15) is 0 Å². The number of aromatic nitrogens is 1. The Kier molecular flexibility index (Phi) is 4.15. The molecular formula is C17H21N3O. The topological polar surface area (TPSA) is 45.2 Å². The second-order valence-electron chi connectivity index (χ2n) is 5.71. The van der Waals surface area contributed by atoms with Gasteiger partial charge in [0.15, 0.2) is 0 Å². The largest absolute Gasteiger partial charge is 0.340 e. The molecule has 0 bridgehead atoms. The molecule has 1 unspecified atom stereocenters. The molecule has 1 aliphatic rings. The van der Waals surface area contributed by atoms with Crippen molar-refractivity contribution in [2.75, 3.05) is 20.1 Å². The van der Waals surface area contributed by atoms with Crippen LogP contribution in [0.15, 0.2) is 36.5 Å². The fraction of sp³-hybridized carbons (Fsp3) is 0.412. The second-order valence-corrected chi connectivity index (χ2v) is 5.71. The molecule has 0 aliphatic carbocycles. The number of nitrogens with zero attached hydrogens (tertiary/aromatic N) is 2. The van der Waals surface area contributed by atoms with Gasteiger partial charge in [-0.3, -0.25) is 9.78 Å². The fourth-order valence-electron chi connectivity index (χ4n) is 2.99. The lowest BCUT2D eigenvalue weighted by Crippen LogP contribution is -2.44. The number of likely N-dealkylation sites (N-methyl/N-ethyl adjacent to an activating group) is 1. The van der Waals surface area contributed by atoms with Crippen LogP contribution < -0.4 is 5.32 Å². The summed E-state index contributed by atoms with van der Waals surface area (Å²) in [5.74, 6) is 0.0703. The Bertz CT molecular complexity index is 629. The van der Waals surface area contributed by atoms with Crippen LogP contribution in [0.25, 0.3) is 10.9 Å². The summed E-state index contributed by atoms with van der Waals surface area (Å²) in [6.45, 7) is 1.82. The molecular weight excluding hydrogens is 262 g/mol. The Labute approximate surface area is 125 Å². The minimum atomic E-state index is 0.0703. The molecule has 1 fully saturated rings. The van der Waals surface area contributed by atoms with Crippen LogP contribution in [0, 0.1) is 0 Å². The zero-order valence-corrected chi connectivity index (χ0v) is 12.4. The van der Waals surface area contributed by atoms with E-state index in [9.17, 15) is 4.79 Å². The maximum Gasteiger partial charge on any atom is 0.254 e. The first-order valence-corrected chi connectivity index (χ1v) is 7.58. The Morgan fingerprint density at radius 1 is 1.33 bits per heavy atom. The van der Waals surface area contributed by atoms with Gasteiger partial charge in [-0.25, -0.2) is 0 Å². The van der Waals surface area contributed by atoms with Crippen LogP contribution in [0.5, 0.6) is 0 Å². The summed E-state index contributed by atoms with van der Waals surface area (Å²) in [6, 6.07) is 9.98. The van der Waals surface area contributed by atoms with Crippen molar-refractivity contribution < 1.29 is 4.79 Å². The number of carbonyl (C=O) groups excluding carboxylic acids is 1. The Hall–Kier alpha value is -1.94. The van der Waals surface area contributed by atoms with E-state index in [0.717, 1.165) is 36.0 Å². The maximum absolute atomic E-state index is 12.7. The summed E-state index contributed by atoms with van der Waals surface area (Å²) in [5.41, 5.74) is 1.60. The lowest BCUT2D eigenvalue weighted by atomic mass is 10.0. The number of nitrogens with one attached hydrogen (secondary N) is 1. The zero-order chi connectivity index (χ0) is 14.7. The summed E-state index contributed by atoms with van der Waals surface area (Å²) in [6.07, 6.45) is 5.39. The number of carbonyl (C=O) groups is 1. The standard InChI is InChI=1S/C17H21N3O/c1-20(12-13-6-2-3-10-18-13)17(21)15-7-4-9-16-14(15)8-5-11-19-16/h4-5,7-9,11,13,18H,2-3,6,10,12H2,1H3. The van der Waals surface area contributed by atoms with E-state index in [-0.39, 0.29) is 5.91 Å². The van der Waals surface area contributed by atoms with Gasteiger partial charge in [0, 0.05) is 36.8 Å². The minimum Gasteiger partial charge on any atom is -0.340 e. The van der Waals surface area contributed by atoms with Gasteiger partial charge in [-0.05, 0) is 37.6 Å². The molecule has 0 spiro atoms. The zero-order valence-electron chi connectivity index (χ0n) is 12.4. The van der Waals surface area contributed by atoms with Crippen molar-refractivity contribution >= 4 is 16.8 Å². The number of fused-ring (bicyclic) bond motifs is 1. The van der Waals surface area contributed by atoms with Crippen LogP contribution in [-0.4, -0.2) is 42.0 Å². The molecule has 1 aromatic heterocycles. The highest BCUT2D eigenvalue weighted by Gasteiger charge is 2.20. The van der Waals surface area contributed by atoms with Crippen LogP contribution in [0.3, 0.4) is 0 Å². The summed E-state index contributed by atoms with van der Waals surface area (Å²) in [5, 5.41) is 4.41. The highest BCUT2D eigenvalue weighted by atomic mass is 16.2. The van der Waals surface area contributed by atoms with Crippen molar-refractivity contribution in [1.82, 2.24) is 15.2 Å². The van der Waals surface area contributed by atoms with E-state index in [0.29, 0.717) is 6.04 Å². The van der Waals surface area contributed by atoms with Gasteiger partial charge in [0.05, 0.1) is 5.52 Å². The number of hydrogen-bond donors (Lipinski definition) is 1. The van der Waals surface area contributed by atoms with Gasteiger partial charge >= 0.3 is 0 Å². The minimum absolute atomic E-state index is 0.0703. The molecule has 1 aromatic carbocycles. The number of benzene rings is 1. The van der Waals surface area contributed by atoms with Gasteiger partial charge in [0.25, 0.3) is 5.91 Å². The first kappa shape index (κ1) is 14.0. The first-order chi connectivity index (χ1) is 10.3. The molecule has 4 heteroatoms. The molecule has 1 atom stereocenters. The molecule has 1 aliphatic heterocycles. The van der Waals surface area contributed by atoms with Crippen LogP contribution in [0.1, 0.15) is 29.6 Å². The predicted octanol–water partition coefficient (Wildman–Crippen LogP) is 2.45. The number of piperidine rings is 1. The van der Waals surface area contributed by atoms with E-state index in [2.05, 4.69) is 10.3 Å². The Balaban J connectivity index is 1.79. The molecule has 110 valence electrons. The molecule has 4 nitrogen and oxygen atoms in total. The van der Waals surface area contributed by atoms with Gasteiger partial charge < -0.3 is 10.2 Å². The van der Waals surface area contributed by atoms with Crippen molar-refractivity contribution in [2.24, 2.45) is 0 Å². The predicted molar refractivity (Wildman–Crippen MR) is 84.3 cm³/mol. The number of amides is 1. The Morgan fingerprint density at radius 2 is 2.24 bits per heavy atom. The van der Waals surface area contributed by atoms with E-state index in [1.54, 1.807) is 6.20 Å². The van der Waals surface area contributed by atoms with Gasteiger partial charge in [0.2, 0.25) is 0 Å². The van der Waals surface area contributed by atoms with Gasteiger partial charge in [0.1, 0.15) is 0 Å². The van der Waals surface area contributed by atoms with Crippen molar-refractivity contribution in [3.8, 4) is 0 Å². The van der Waals surface area contributed by atoms with Crippen LogP contribution in [-0.2, 0) is 0 Å². The van der Waals surface area contributed by atoms with Crippen LogP contribution in [0.2, 0.25) is 0 Å². The van der Waals surface area contributed by atoms with E-state index >= 15 is 0 Å². The summed E-state index contributed by atoms with van der Waals surface area (Å²) < 4.78 is 0.